The summed E-state index contributed by atoms with van der Waals surface area (Å²) >= 11 is 6.61. The molecule has 0 saturated heterocycles. The van der Waals surface area contributed by atoms with Gasteiger partial charge >= 0.3 is 6.18 Å². The van der Waals surface area contributed by atoms with Crippen LogP contribution in [-0.2, 0) is 12.3 Å². The predicted molar refractivity (Wildman–Crippen MR) is 125 cm³/mol. The van der Waals surface area contributed by atoms with E-state index in [0.29, 0.717) is 6.16 Å². The van der Waals surface area contributed by atoms with Crippen LogP contribution in [0.25, 0.3) is 0 Å². The summed E-state index contributed by atoms with van der Waals surface area (Å²) in [6.07, 6.45) is -3.78. The van der Waals surface area contributed by atoms with Crippen LogP contribution in [-0.4, -0.2) is 0 Å². The van der Waals surface area contributed by atoms with E-state index in [0.717, 1.165) is 33.6 Å². The SMILES string of the molecule is FC(F)(F)c1ccc([P+](Cc2ccccc2)(c2ccccc2)c2ccccc2)c(Cl)c1. The molecule has 0 nitrogen and oxygen atoms in total. The van der Waals surface area contributed by atoms with E-state index in [-0.39, 0.29) is 5.02 Å². The van der Waals surface area contributed by atoms with Gasteiger partial charge in [0, 0.05) is 0 Å². The third kappa shape index (κ3) is 4.39. The molecule has 0 atom stereocenters. The second kappa shape index (κ2) is 8.86. The summed E-state index contributed by atoms with van der Waals surface area (Å²) in [7, 11) is -2.38. The zero-order valence-electron chi connectivity index (χ0n) is 16.6. The lowest BCUT2D eigenvalue weighted by Crippen LogP contribution is -2.33. The molecule has 4 aromatic carbocycles. The summed E-state index contributed by atoms with van der Waals surface area (Å²) in [6.45, 7) is 0. The summed E-state index contributed by atoms with van der Waals surface area (Å²) in [5.41, 5.74) is 0.375. The van der Waals surface area contributed by atoms with Gasteiger partial charge in [-0.3, -0.25) is 0 Å². The van der Waals surface area contributed by atoms with Gasteiger partial charge in [-0.1, -0.05) is 78.3 Å². The standard InChI is InChI=1S/C26H20ClF3P/c27-24-18-21(26(28,29)30)16-17-25(24)31(22-12-6-2-7-13-22,23-14-8-3-9-15-23)19-20-10-4-1-5-11-20/h1-18H,19H2/q+1. The molecule has 0 radical (unpaired) electrons. The molecule has 31 heavy (non-hydrogen) atoms. The molecule has 4 aromatic rings. The van der Waals surface area contributed by atoms with E-state index in [1.54, 1.807) is 6.07 Å². The van der Waals surface area contributed by atoms with E-state index >= 15 is 0 Å². The minimum absolute atomic E-state index is 0.145. The van der Waals surface area contributed by atoms with Crippen LogP contribution in [0.5, 0.6) is 0 Å². The molecule has 0 spiro atoms. The molecule has 0 amide bonds. The number of alkyl halides is 3. The Kier molecular flexibility index (Phi) is 6.18. The molecule has 0 heterocycles. The molecule has 0 N–H and O–H groups in total. The maximum absolute atomic E-state index is 13.3. The Morgan fingerprint density at radius 3 is 1.58 bits per heavy atom. The molecule has 4 rings (SSSR count). The monoisotopic (exact) mass is 455 g/mol. The van der Waals surface area contributed by atoms with E-state index < -0.39 is 19.0 Å². The Morgan fingerprint density at radius 2 is 1.13 bits per heavy atom. The average molecular weight is 456 g/mol. The summed E-state index contributed by atoms with van der Waals surface area (Å²) < 4.78 is 40.0. The van der Waals surface area contributed by atoms with Crippen LogP contribution in [0.2, 0.25) is 5.02 Å². The molecule has 0 aliphatic heterocycles. The Labute approximate surface area is 185 Å². The predicted octanol–water partition coefficient (Wildman–Crippen LogP) is 6.85. The Hall–Kier alpha value is -2.61. The van der Waals surface area contributed by atoms with Crippen molar-refractivity contribution >= 4 is 34.8 Å². The number of halogens is 4. The van der Waals surface area contributed by atoms with Crippen LogP contribution in [0.15, 0.2) is 109 Å². The summed E-state index contributed by atoms with van der Waals surface area (Å²) in [6, 6.07) is 33.8. The quantitative estimate of drug-likeness (QED) is 0.289. The highest BCUT2D eigenvalue weighted by Gasteiger charge is 2.47. The fraction of sp³-hybridized carbons (Fsp3) is 0.0769. The lowest BCUT2D eigenvalue weighted by molar-refractivity contribution is -0.137. The van der Waals surface area contributed by atoms with Gasteiger partial charge in [0.05, 0.1) is 16.7 Å². The lowest BCUT2D eigenvalue weighted by atomic mass is 10.2. The minimum atomic E-state index is -4.44. The first-order valence-corrected chi connectivity index (χ1v) is 12.2. The summed E-state index contributed by atoms with van der Waals surface area (Å²) in [5.74, 6) is 0. The van der Waals surface area contributed by atoms with Crippen molar-refractivity contribution in [2.24, 2.45) is 0 Å². The highest BCUT2D eigenvalue weighted by atomic mass is 35.5. The lowest BCUT2D eigenvalue weighted by Gasteiger charge is -2.29. The van der Waals surface area contributed by atoms with Gasteiger partial charge in [-0.05, 0) is 48.0 Å². The highest BCUT2D eigenvalue weighted by Crippen LogP contribution is 2.59. The first-order valence-electron chi connectivity index (χ1n) is 9.82. The smallest absolute Gasteiger partial charge is 0.166 e. The molecule has 0 aliphatic rings. The molecular formula is C26H20ClF3P+. The molecule has 156 valence electrons. The Morgan fingerprint density at radius 1 is 0.645 bits per heavy atom. The van der Waals surface area contributed by atoms with E-state index in [9.17, 15) is 13.2 Å². The van der Waals surface area contributed by atoms with Crippen LogP contribution >= 0.6 is 18.9 Å². The molecular weight excluding hydrogens is 436 g/mol. The van der Waals surface area contributed by atoms with Gasteiger partial charge in [-0.2, -0.15) is 13.2 Å². The van der Waals surface area contributed by atoms with Crippen molar-refractivity contribution in [2.75, 3.05) is 0 Å². The van der Waals surface area contributed by atoms with Crippen LogP contribution in [0.4, 0.5) is 13.2 Å². The van der Waals surface area contributed by atoms with E-state index in [1.165, 1.54) is 0 Å². The molecule has 0 aromatic heterocycles. The Balaban J connectivity index is 2.03. The summed E-state index contributed by atoms with van der Waals surface area (Å²) in [4.78, 5) is 0. The van der Waals surface area contributed by atoms with Crippen LogP contribution in [0.3, 0.4) is 0 Å². The molecule has 0 bridgehead atoms. The average Bonchev–Trinajstić information content (AvgIpc) is 2.79. The highest BCUT2D eigenvalue weighted by molar-refractivity contribution is 7.95. The first kappa shape index (κ1) is 21.6. The maximum atomic E-state index is 13.3. The molecule has 5 heteroatoms. The topological polar surface area (TPSA) is 0 Å². The van der Waals surface area contributed by atoms with Gasteiger partial charge in [0.25, 0.3) is 0 Å². The van der Waals surface area contributed by atoms with Crippen molar-refractivity contribution < 1.29 is 13.2 Å². The van der Waals surface area contributed by atoms with Gasteiger partial charge in [0.1, 0.15) is 23.2 Å². The van der Waals surface area contributed by atoms with Crippen molar-refractivity contribution in [3.8, 4) is 0 Å². The fourth-order valence-corrected chi connectivity index (χ4v) is 8.79. The van der Waals surface area contributed by atoms with Crippen LogP contribution < -0.4 is 15.9 Å². The van der Waals surface area contributed by atoms with Crippen molar-refractivity contribution in [2.45, 2.75) is 12.3 Å². The molecule has 0 unspecified atom stereocenters. The second-order valence-corrected chi connectivity index (χ2v) is 11.1. The maximum Gasteiger partial charge on any atom is 0.416 e. The number of benzene rings is 4. The van der Waals surface area contributed by atoms with Crippen LogP contribution in [0, 0.1) is 0 Å². The number of hydrogen-bond donors (Lipinski definition) is 0. The van der Waals surface area contributed by atoms with E-state index in [4.69, 9.17) is 11.6 Å². The number of hydrogen-bond acceptors (Lipinski definition) is 0. The van der Waals surface area contributed by atoms with Crippen molar-refractivity contribution in [3.63, 3.8) is 0 Å². The zero-order valence-corrected chi connectivity index (χ0v) is 18.2. The molecule has 0 aliphatic carbocycles. The van der Waals surface area contributed by atoms with Crippen LogP contribution in [0.1, 0.15) is 11.1 Å². The zero-order chi connectivity index (χ0) is 21.9. The molecule has 0 fully saturated rings. The van der Waals surface area contributed by atoms with E-state index in [2.05, 4.69) is 36.4 Å². The second-order valence-electron chi connectivity index (χ2n) is 7.29. The third-order valence-corrected chi connectivity index (χ3v) is 10.2. The van der Waals surface area contributed by atoms with E-state index in [1.807, 2.05) is 54.6 Å². The van der Waals surface area contributed by atoms with Gasteiger partial charge in [-0.15, -0.1) is 0 Å². The first-order chi connectivity index (χ1) is 14.9. The number of rotatable bonds is 5. The van der Waals surface area contributed by atoms with Gasteiger partial charge in [0.2, 0.25) is 0 Å². The van der Waals surface area contributed by atoms with Crippen molar-refractivity contribution in [3.05, 3.63) is 125 Å². The van der Waals surface area contributed by atoms with Crippen molar-refractivity contribution in [1.29, 1.82) is 0 Å². The minimum Gasteiger partial charge on any atom is -0.166 e. The summed E-state index contributed by atoms with van der Waals surface area (Å²) in [5, 5.41) is 3.05. The van der Waals surface area contributed by atoms with Gasteiger partial charge < -0.3 is 0 Å². The fourth-order valence-electron chi connectivity index (χ4n) is 3.91. The van der Waals surface area contributed by atoms with Gasteiger partial charge in [-0.25, -0.2) is 0 Å². The molecule has 0 saturated carbocycles. The van der Waals surface area contributed by atoms with Crippen molar-refractivity contribution in [1.82, 2.24) is 0 Å². The Bertz CT molecular complexity index is 1100. The largest absolute Gasteiger partial charge is 0.416 e. The van der Waals surface area contributed by atoms with Gasteiger partial charge in [0.15, 0.2) is 0 Å². The normalized spacial score (nSPS) is 12.0. The third-order valence-electron chi connectivity index (χ3n) is 5.34.